The molecule has 0 aromatic carbocycles. The standard InChI is InChI=1S/C66H100O16/c1-47(2)59(67)75-40-29-21-16-15-18-25-33-55(34-26-19-17-22-30-41-76-60(68)48(3)4)58(56(36-28-24-32-43-78-62(70)50(7)8)35-27-20-23-31-42-77-61(69)49(5)6)66(74)82-57(39-46-81-65(73)53(13)14)54(37-44-79-63(71)51(9)10)38-45-80-64(72)52(11)12/h56H,1,3,5,7,9,11,13,15-46H2,2,4,6,8,10,12,14H3. The van der Waals surface area contributed by atoms with Gasteiger partial charge in [0.05, 0.1) is 46.2 Å². The van der Waals surface area contributed by atoms with Gasteiger partial charge in [-0.3, -0.25) is 0 Å². The molecule has 1 unspecified atom stereocenters. The van der Waals surface area contributed by atoms with Gasteiger partial charge in [0.2, 0.25) is 0 Å². The summed E-state index contributed by atoms with van der Waals surface area (Å²) >= 11 is 0. The summed E-state index contributed by atoms with van der Waals surface area (Å²) in [5.41, 5.74) is 3.94. The van der Waals surface area contributed by atoms with E-state index < -0.39 is 47.8 Å². The van der Waals surface area contributed by atoms with Gasteiger partial charge in [0.1, 0.15) is 5.76 Å². The third kappa shape index (κ3) is 37.4. The normalized spacial score (nSPS) is 11.4. The van der Waals surface area contributed by atoms with Crippen LogP contribution in [0.2, 0.25) is 0 Å². The van der Waals surface area contributed by atoms with Crippen LogP contribution in [0, 0.1) is 5.92 Å². The lowest BCUT2D eigenvalue weighted by atomic mass is 9.82. The van der Waals surface area contributed by atoms with E-state index in [1.54, 1.807) is 27.7 Å². The van der Waals surface area contributed by atoms with E-state index in [2.05, 4.69) is 46.1 Å². The minimum Gasteiger partial charge on any atom is -0.462 e. The van der Waals surface area contributed by atoms with Crippen molar-refractivity contribution in [3.63, 3.8) is 0 Å². The Kier molecular flexibility index (Phi) is 42.3. The molecular weight excluding hydrogens is 1050 g/mol. The maximum atomic E-state index is 15.7. The highest BCUT2D eigenvalue weighted by Crippen LogP contribution is 2.35. The average Bonchev–Trinajstić information content (AvgIpc) is 3.43. The molecule has 0 saturated heterocycles. The Morgan fingerprint density at radius 2 is 0.512 bits per heavy atom. The smallest absolute Gasteiger partial charge is 0.339 e. The molecule has 16 heteroatoms. The van der Waals surface area contributed by atoms with Crippen molar-refractivity contribution in [2.75, 3.05) is 46.2 Å². The minimum atomic E-state index is -0.636. The van der Waals surface area contributed by atoms with Gasteiger partial charge in [0.15, 0.2) is 0 Å². The van der Waals surface area contributed by atoms with Gasteiger partial charge in [-0.2, -0.15) is 0 Å². The lowest BCUT2D eigenvalue weighted by Gasteiger charge is -2.25. The first-order valence-corrected chi connectivity index (χ1v) is 29.3. The Morgan fingerprint density at radius 1 is 0.268 bits per heavy atom. The van der Waals surface area contributed by atoms with Crippen LogP contribution in [-0.4, -0.2) is 94.0 Å². The molecule has 0 spiro atoms. The van der Waals surface area contributed by atoms with E-state index in [0.29, 0.717) is 104 Å². The molecule has 82 heavy (non-hydrogen) atoms. The molecule has 0 aromatic rings. The van der Waals surface area contributed by atoms with Gasteiger partial charge in [-0.1, -0.05) is 129 Å². The summed E-state index contributed by atoms with van der Waals surface area (Å²) in [7, 11) is 0. The summed E-state index contributed by atoms with van der Waals surface area (Å²) in [6.07, 6.45) is 16.6. The van der Waals surface area contributed by atoms with Crippen molar-refractivity contribution in [3.05, 3.63) is 108 Å². The lowest BCUT2D eigenvalue weighted by Crippen LogP contribution is -2.21. The van der Waals surface area contributed by atoms with Gasteiger partial charge in [0.25, 0.3) is 0 Å². The number of carbonyl (C=O) groups is 8. The molecule has 0 amide bonds. The highest BCUT2D eigenvalue weighted by Gasteiger charge is 2.28. The van der Waals surface area contributed by atoms with Crippen molar-refractivity contribution in [2.45, 2.75) is 209 Å². The van der Waals surface area contributed by atoms with Gasteiger partial charge >= 0.3 is 47.8 Å². The predicted molar refractivity (Wildman–Crippen MR) is 319 cm³/mol. The third-order valence-corrected chi connectivity index (χ3v) is 13.0. The van der Waals surface area contributed by atoms with Crippen molar-refractivity contribution in [1.29, 1.82) is 0 Å². The van der Waals surface area contributed by atoms with Crippen LogP contribution in [0.25, 0.3) is 0 Å². The number of carbonyl (C=O) groups excluding carboxylic acids is 8. The number of hydrogen-bond acceptors (Lipinski definition) is 16. The molecule has 0 aliphatic carbocycles. The van der Waals surface area contributed by atoms with Crippen molar-refractivity contribution in [1.82, 2.24) is 0 Å². The van der Waals surface area contributed by atoms with Crippen LogP contribution in [0.3, 0.4) is 0 Å². The van der Waals surface area contributed by atoms with Gasteiger partial charge in [-0.05, 0) is 124 Å². The molecule has 0 heterocycles. The Labute approximate surface area is 490 Å². The average molecular weight is 1150 g/mol. The fourth-order valence-electron chi connectivity index (χ4n) is 8.22. The molecule has 460 valence electrons. The van der Waals surface area contributed by atoms with Crippen molar-refractivity contribution in [3.8, 4) is 0 Å². The van der Waals surface area contributed by atoms with Crippen molar-refractivity contribution >= 4 is 47.8 Å². The van der Waals surface area contributed by atoms with E-state index in [4.69, 9.17) is 37.9 Å². The highest BCUT2D eigenvalue weighted by molar-refractivity contribution is 5.91. The number of allylic oxidation sites excluding steroid dienone is 1. The van der Waals surface area contributed by atoms with E-state index in [1.165, 1.54) is 20.8 Å². The Balaban J connectivity index is 7.79. The van der Waals surface area contributed by atoms with E-state index in [1.807, 2.05) is 0 Å². The Bertz CT molecular complexity index is 2200. The molecule has 0 aliphatic heterocycles. The SMILES string of the molecule is C=C(C)C(=O)OCCCCCCCCC(CCCCCCCOC(=O)C(=C)C)=C(C(=O)OC(CCOC(=O)C(=C)C)=C(CCOC(=O)C(=C)C)CCOC(=O)C(=C)C)C(CCCCCCOC(=O)C(=C)C)CCCCCOC(=O)C(=C)C. The van der Waals surface area contributed by atoms with E-state index in [-0.39, 0.29) is 80.7 Å². The monoisotopic (exact) mass is 1150 g/mol. The highest BCUT2D eigenvalue weighted by atomic mass is 16.6. The fourth-order valence-corrected chi connectivity index (χ4v) is 8.22. The van der Waals surface area contributed by atoms with E-state index in [9.17, 15) is 33.6 Å². The van der Waals surface area contributed by atoms with Crippen LogP contribution in [0.5, 0.6) is 0 Å². The molecule has 16 nitrogen and oxygen atoms in total. The zero-order chi connectivity index (χ0) is 61.8. The molecule has 0 bridgehead atoms. The second kappa shape index (κ2) is 46.0. The Morgan fingerprint density at radius 3 is 0.817 bits per heavy atom. The molecule has 0 fully saturated rings. The second-order valence-electron chi connectivity index (χ2n) is 21.2. The zero-order valence-corrected chi connectivity index (χ0v) is 51.2. The van der Waals surface area contributed by atoms with E-state index >= 15 is 4.79 Å². The maximum Gasteiger partial charge on any atom is 0.339 e. The largest absolute Gasteiger partial charge is 0.462 e. The van der Waals surface area contributed by atoms with E-state index in [0.717, 1.165) is 89.0 Å². The number of rotatable bonds is 49. The van der Waals surface area contributed by atoms with Crippen LogP contribution < -0.4 is 0 Å². The summed E-state index contributed by atoms with van der Waals surface area (Å²) in [5.74, 6) is -4.26. The number of esters is 8. The summed E-state index contributed by atoms with van der Waals surface area (Å²) < 4.78 is 44.6. The summed E-state index contributed by atoms with van der Waals surface area (Å²) in [6, 6.07) is 0. The lowest BCUT2D eigenvalue weighted by molar-refractivity contribution is -0.141. The van der Waals surface area contributed by atoms with Crippen LogP contribution in [-0.2, 0) is 76.3 Å². The van der Waals surface area contributed by atoms with Crippen LogP contribution in [0.1, 0.15) is 209 Å². The van der Waals surface area contributed by atoms with Crippen LogP contribution >= 0.6 is 0 Å². The molecule has 0 rings (SSSR count). The van der Waals surface area contributed by atoms with Crippen molar-refractivity contribution < 1.29 is 76.3 Å². The first kappa shape index (κ1) is 75.4. The summed E-state index contributed by atoms with van der Waals surface area (Å²) in [5, 5.41) is 0. The third-order valence-electron chi connectivity index (χ3n) is 13.0. The quantitative estimate of drug-likeness (QED) is 0.0182. The molecule has 0 radical (unpaired) electrons. The zero-order valence-electron chi connectivity index (χ0n) is 51.2. The fraction of sp³-hybridized carbons (Fsp3) is 0.606. The molecule has 0 aromatic heterocycles. The number of unbranched alkanes of at least 4 members (excludes halogenated alkanes) is 14. The summed E-state index contributed by atoms with van der Waals surface area (Å²) in [4.78, 5) is 102. The second-order valence-corrected chi connectivity index (χ2v) is 21.2. The molecule has 0 N–H and O–H groups in total. The predicted octanol–water partition coefficient (Wildman–Crippen LogP) is 14.3. The first-order valence-electron chi connectivity index (χ1n) is 29.3. The number of ether oxygens (including phenoxy) is 8. The Hall–Kier alpha value is -6.58. The van der Waals surface area contributed by atoms with Gasteiger partial charge in [-0.15, -0.1) is 0 Å². The minimum absolute atomic E-state index is 0.0524. The molecule has 0 aliphatic rings. The maximum absolute atomic E-state index is 15.7. The van der Waals surface area contributed by atoms with Crippen LogP contribution in [0.15, 0.2) is 108 Å². The first-order chi connectivity index (χ1) is 38.9. The molecular formula is C66H100O16. The van der Waals surface area contributed by atoms with Gasteiger partial charge in [-0.25, -0.2) is 38.4 Å². The molecule has 0 saturated carbocycles. The van der Waals surface area contributed by atoms with Gasteiger partial charge < -0.3 is 37.9 Å². The topological polar surface area (TPSA) is 210 Å². The van der Waals surface area contributed by atoms with Crippen molar-refractivity contribution in [2.24, 2.45) is 5.92 Å². The molecule has 1 atom stereocenters. The number of hydrogen-bond donors (Lipinski definition) is 0. The summed E-state index contributed by atoms with van der Waals surface area (Å²) in [6.45, 7) is 37.4. The van der Waals surface area contributed by atoms with Gasteiger partial charge in [0, 0.05) is 63.8 Å². The van der Waals surface area contributed by atoms with Crippen LogP contribution in [0.4, 0.5) is 0 Å².